The van der Waals surface area contributed by atoms with Crippen LogP contribution in [0.3, 0.4) is 0 Å². The Morgan fingerprint density at radius 2 is 0.804 bits per heavy atom. The van der Waals surface area contributed by atoms with E-state index in [2.05, 4.69) is 17.6 Å². The van der Waals surface area contributed by atoms with E-state index in [0.717, 1.165) is 19.3 Å². The van der Waals surface area contributed by atoms with Crippen molar-refractivity contribution in [2.45, 2.75) is 77.6 Å². The highest BCUT2D eigenvalue weighted by molar-refractivity contribution is 6.35. The molecular weight excluding hydrogens is 701 g/mol. The minimum atomic E-state index is -0.465. The number of hydrogen-bond donors (Lipinski definition) is 2. The Kier molecular flexibility index (Phi) is 11.6. The van der Waals surface area contributed by atoms with Gasteiger partial charge in [-0.25, -0.2) is 0 Å². The predicted octanol–water partition coefficient (Wildman–Crippen LogP) is 10.4. The number of anilines is 2. The fourth-order valence-corrected chi connectivity index (χ4v) is 7.87. The summed E-state index contributed by atoms with van der Waals surface area (Å²) in [6.45, 7) is 2.21. The van der Waals surface area contributed by atoms with Gasteiger partial charge in [0.1, 0.15) is 0 Å². The summed E-state index contributed by atoms with van der Waals surface area (Å²) in [5.41, 5.74) is 2.11. The monoisotopic (exact) mass is 744 g/mol. The number of carbonyl (C=O) groups excluding carboxylic acids is 6. The molecule has 2 aliphatic rings. The van der Waals surface area contributed by atoms with Gasteiger partial charge in [-0.2, -0.15) is 0 Å². The second-order valence-electron chi connectivity index (χ2n) is 14.5. The van der Waals surface area contributed by atoms with E-state index >= 15 is 0 Å². The summed E-state index contributed by atoms with van der Waals surface area (Å²) in [4.78, 5) is 84.1. The molecule has 0 bridgehead atoms. The number of nitrogens with one attached hydrogen (secondary N) is 2. The van der Waals surface area contributed by atoms with Crippen molar-refractivity contribution >= 4 is 46.3 Å². The summed E-state index contributed by atoms with van der Waals surface area (Å²) in [5, 5.41) is 5.75. The average Bonchev–Trinajstić information content (AvgIpc) is 3.22. The van der Waals surface area contributed by atoms with E-state index in [0.29, 0.717) is 12.0 Å². The minimum absolute atomic E-state index is 0.00640. The van der Waals surface area contributed by atoms with Crippen LogP contribution in [0.2, 0.25) is 0 Å². The van der Waals surface area contributed by atoms with E-state index in [1.54, 1.807) is 103 Å². The summed E-state index contributed by atoms with van der Waals surface area (Å²) < 4.78 is 0. The van der Waals surface area contributed by atoms with Gasteiger partial charge in [0.05, 0.1) is 22.5 Å². The van der Waals surface area contributed by atoms with Gasteiger partial charge in [-0.3, -0.25) is 28.8 Å². The maximum Gasteiger partial charge on any atom is 0.255 e. The number of amides is 2. The zero-order valence-electron chi connectivity index (χ0n) is 31.5. The molecule has 2 aliphatic carbocycles. The van der Waals surface area contributed by atoms with Crippen molar-refractivity contribution in [2.24, 2.45) is 0 Å². The molecule has 0 aliphatic heterocycles. The van der Waals surface area contributed by atoms with Crippen LogP contribution in [0.1, 0.15) is 152 Å². The molecule has 0 atom stereocenters. The normalized spacial score (nSPS) is 12.7. The number of fused-ring (bicyclic) bond motifs is 4. The highest BCUT2D eigenvalue weighted by atomic mass is 16.2. The van der Waals surface area contributed by atoms with E-state index in [9.17, 15) is 28.8 Å². The molecule has 0 saturated heterocycles. The first-order valence-electron chi connectivity index (χ1n) is 19.7. The van der Waals surface area contributed by atoms with Crippen molar-refractivity contribution in [1.82, 2.24) is 0 Å². The van der Waals surface area contributed by atoms with Gasteiger partial charge in [0.15, 0.2) is 23.1 Å². The van der Waals surface area contributed by atoms with Gasteiger partial charge < -0.3 is 10.6 Å². The molecule has 0 heterocycles. The summed E-state index contributed by atoms with van der Waals surface area (Å²) in [6.07, 6.45) is 11.6. The maximum absolute atomic E-state index is 14.5. The van der Waals surface area contributed by atoms with Gasteiger partial charge >= 0.3 is 0 Å². The second kappa shape index (κ2) is 17.0. The average molecular weight is 745 g/mol. The highest BCUT2D eigenvalue weighted by Gasteiger charge is 2.38. The summed E-state index contributed by atoms with van der Waals surface area (Å²) in [7, 11) is 0. The summed E-state index contributed by atoms with van der Waals surface area (Å²) >= 11 is 0. The Hall–Kier alpha value is -6.28. The van der Waals surface area contributed by atoms with Crippen LogP contribution >= 0.6 is 0 Å². The lowest BCUT2D eigenvalue weighted by molar-refractivity contribution is -0.116. The molecule has 0 radical (unpaired) electrons. The quantitative estimate of drug-likeness (QED) is 0.101. The van der Waals surface area contributed by atoms with Gasteiger partial charge in [-0.15, -0.1) is 0 Å². The fourth-order valence-electron chi connectivity index (χ4n) is 7.87. The van der Waals surface area contributed by atoms with Crippen LogP contribution < -0.4 is 10.6 Å². The molecule has 282 valence electrons. The number of unbranched alkanes of at least 4 members (excludes halogenated alkanes) is 9. The molecule has 8 nitrogen and oxygen atoms in total. The van der Waals surface area contributed by atoms with E-state index in [4.69, 9.17) is 0 Å². The van der Waals surface area contributed by atoms with Crippen LogP contribution in [0.15, 0.2) is 103 Å². The number of hydrogen-bond acceptors (Lipinski definition) is 6. The molecule has 0 aromatic heterocycles. The van der Waals surface area contributed by atoms with E-state index in [1.165, 1.54) is 38.5 Å². The number of rotatable bonds is 15. The van der Waals surface area contributed by atoms with Crippen LogP contribution in [0, 0.1) is 0 Å². The fraction of sp³-hybridized carbons (Fsp3) is 0.250. The molecule has 5 aromatic carbocycles. The standard InChI is InChI=1S/C48H44N2O6/c1-2-3-4-5-6-7-8-9-10-14-25-39(51)49-37-28-26-31(40-42(37)46(54)35-23-17-15-21-33(35)44(40)52)32-27-29-38(50-48(56)30-19-12-11-13-20-30)43-41(32)45(53)34-22-16-18-24-36(34)47(43)55/h11-13,15-24,26-29H,2-10,14,25H2,1H3,(H,49,51)(H,50,56). The van der Waals surface area contributed by atoms with Gasteiger partial charge in [0.25, 0.3) is 5.91 Å². The third kappa shape index (κ3) is 7.52. The molecule has 0 unspecified atom stereocenters. The smallest absolute Gasteiger partial charge is 0.255 e. The maximum atomic E-state index is 14.5. The first-order chi connectivity index (χ1) is 27.3. The highest BCUT2D eigenvalue weighted by Crippen LogP contribution is 2.43. The molecule has 8 heteroatoms. The van der Waals surface area contributed by atoms with Crippen LogP contribution in [0.25, 0.3) is 11.1 Å². The molecule has 2 amide bonds. The van der Waals surface area contributed by atoms with Crippen LogP contribution in [-0.4, -0.2) is 34.9 Å². The van der Waals surface area contributed by atoms with Gasteiger partial charge in [-0.1, -0.05) is 144 Å². The lowest BCUT2D eigenvalue weighted by Gasteiger charge is -2.26. The second-order valence-corrected chi connectivity index (χ2v) is 14.5. The van der Waals surface area contributed by atoms with Gasteiger partial charge in [0.2, 0.25) is 5.91 Å². The molecular formula is C48H44N2O6. The van der Waals surface area contributed by atoms with E-state index in [-0.39, 0.29) is 79.3 Å². The topological polar surface area (TPSA) is 126 Å². The van der Waals surface area contributed by atoms with Crippen LogP contribution in [0.5, 0.6) is 0 Å². The molecule has 0 saturated carbocycles. The first-order valence-corrected chi connectivity index (χ1v) is 19.7. The van der Waals surface area contributed by atoms with E-state index < -0.39 is 29.0 Å². The third-order valence-corrected chi connectivity index (χ3v) is 10.8. The van der Waals surface area contributed by atoms with Crippen LogP contribution in [0.4, 0.5) is 11.4 Å². The Balaban J connectivity index is 1.24. The third-order valence-electron chi connectivity index (χ3n) is 10.8. The molecule has 2 N–H and O–H groups in total. The van der Waals surface area contributed by atoms with Crippen molar-refractivity contribution in [3.8, 4) is 11.1 Å². The largest absolute Gasteiger partial charge is 0.325 e. The van der Waals surface area contributed by atoms with Crippen LogP contribution in [-0.2, 0) is 4.79 Å². The van der Waals surface area contributed by atoms with Crippen molar-refractivity contribution in [1.29, 1.82) is 0 Å². The number of ketones is 4. The Labute approximate surface area is 326 Å². The van der Waals surface area contributed by atoms with Crippen molar-refractivity contribution in [3.63, 3.8) is 0 Å². The van der Waals surface area contributed by atoms with E-state index in [1.807, 2.05) is 0 Å². The number of carbonyl (C=O) groups is 6. The molecule has 0 fully saturated rings. The summed E-state index contributed by atoms with van der Waals surface area (Å²) in [5.74, 6) is -2.52. The van der Waals surface area contributed by atoms with Gasteiger partial charge in [0, 0.05) is 45.4 Å². The molecule has 5 aromatic rings. The van der Waals surface area contributed by atoms with Gasteiger partial charge in [-0.05, 0) is 41.8 Å². The van der Waals surface area contributed by atoms with Crippen molar-refractivity contribution in [2.75, 3.05) is 10.6 Å². The summed E-state index contributed by atoms with van der Waals surface area (Å²) in [6, 6.07) is 27.9. The first kappa shape index (κ1) is 38.0. The Bertz CT molecular complexity index is 2380. The Morgan fingerprint density at radius 3 is 1.27 bits per heavy atom. The number of benzene rings is 5. The zero-order chi connectivity index (χ0) is 39.2. The molecule has 7 rings (SSSR count). The van der Waals surface area contributed by atoms with Crippen molar-refractivity contribution in [3.05, 3.63) is 153 Å². The molecule has 0 spiro atoms. The Morgan fingerprint density at radius 1 is 0.411 bits per heavy atom. The SMILES string of the molecule is CCCCCCCCCCCCC(=O)Nc1ccc(-c2ccc(NC(=O)c3ccccc3)c3c2C(=O)c2ccccc2C3=O)c2c1C(=O)c1ccccc1C2=O. The zero-order valence-corrected chi connectivity index (χ0v) is 31.5. The lowest BCUT2D eigenvalue weighted by Crippen LogP contribution is -2.27. The molecule has 56 heavy (non-hydrogen) atoms. The minimum Gasteiger partial charge on any atom is -0.325 e. The van der Waals surface area contributed by atoms with Crippen molar-refractivity contribution < 1.29 is 28.8 Å². The predicted molar refractivity (Wildman–Crippen MR) is 218 cm³/mol. The lowest BCUT2D eigenvalue weighted by atomic mass is 9.75.